The summed E-state index contributed by atoms with van der Waals surface area (Å²) in [6, 6.07) is 0. The molecule has 0 aromatic heterocycles. The molecule has 0 aromatic carbocycles. The lowest BCUT2D eigenvalue weighted by Gasteiger charge is -2.22. The smallest absolute Gasteiger partial charge is 0.0796 e. The van der Waals surface area contributed by atoms with Crippen molar-refractivity contribution in [2.75, 3.05) is 26.3 Å². The van der Waals surface area contributed by atoms with Crippen LogP contribution in [0.1, 0.15) is 0 Å². The highest BCUT2D eigenvalue weighted by atomic mass is 16.5. The highest BCUT2D eigenvalue weighted by Gasteiger charge is 2.06. The number of morpholine rings is 1. The maximum Gasteiger partial charge on any atom is 0.0796 e. The molecule has 0 aromatic rings. The van der Waals surface area contributed by atoms with E-state index in [4.69, 9.17) is 4.74 Å². The van der Waals surface area contributed by atoms with Crippen LogP contribution < -0.4 is 0 Å². The van der Waals surface area contributed by atoms with Crippen LogP contribution in [0.3, 0.4) is 0 Å². The number of rotatable bonds is 3. The van der Waals surface area contributed by atoms with E-state index in [1.54, 1.807) is 6.08 Å². The fourth-order valence-corrected chi connectivity index (χ4v) is 0.805. The molecule has 1 fully saturated rings. The fraction of sp³-hybridized carbons (Fsp3) is 0.500. The lowest BCUT2D eigenvalue weighted by atomic mass is 10.5. The molecule has 66 valence electrons. The Bertz CT molecular complexity index is 194. The van der Waals surface area contributed by atoms with Crippen molar-refractivity contribution in [2.24, 2.45) is 10.3 Å². The van der Waals surface area contributed by atoms with E-state index in [0.29, 0.717) is 5.70 Å². The number of hydrogen-bond donors (Lipinski definition) is 0. The molecule has 12 heavy (non-hydrogen) atoms. The third-order valence-corrected chi connectivity index (χ3v) is 1.52. The number of hydrogen-bond acceptors (Lipinski definition) is 3. The SMILES string of the molecule is C=CC(=C)N=NN1CCOCC1. The number of allylic oxidation sites excluding steroid dienone is 1. The molecule has 0 aliphatic carbocycles. The molecular weight excluding hydrogens is 154 g/mol. The number of nitrogens with zero attached hydrogens (tertiary/aromatic N) is 3. The maximum absolute atomic E-state index is 5.15. The quantitative estimate of drug-likeness (QED) is 0.470. The zero-order valence-corrected chi connectivity index (χ0v) is 7.07. The van der Waals surface area contributed by atoms with Crippen LogP contribution in [0.2, 0.25) is 0 Å². The first-order chi connectivity index (χ1) is 5.83. The third kappa shape index (κ3) is 2.84. The molecule has 4 heteroatoms. The number of ether oxygens (including phenoxy) is 1. The summed E-state index contributed by atoms with van der Waals surface area (Å²) in [5, 5.41) is 9.67. The van der Waals surface area contributed by atoms with Gasteiger partial charge in [-0.05, 0) is 6.08 Å². The summed E-state index contributed by atoms with van der Waals surface area (Å²) in [6.07, 6.45) is 1.57. The summed E-state index contributed by atoms with van der Waals surface area (Å²) in [6.45, 7) is 10.2. The highest BCUT2D eigenvalue weighted by Crippen LogP contribution is 2.00. The molecule has 0 atom stereocenters. The Hall–Kier alpha value is -1.16. The average molecular weight is 167 g/mol. The van der Waals surface area contributed by atoms with Crippen LogP contribution in [0.15, 0.2) is 35.3 Å². The molecule has 0 saturated carbocycles. The predicted octanol–water partition coefficient (Wildman–Crippen LogP) is 1.39. The monoisotopic (exact) mass is 167 g/mol. The van der Waals surface area contributed by atoms with Crippen molar-refractivity contribution in [3.05, 3.63) is 24.9 Å². The van der Waals surface area contributed by atoms with Crippen LogP contribution in [0.4, 0.5) is 0 Å². The van der Waals surface area contributed by atoms with Gasteiger partial charge in [-0.3, -0.25) is 5.01 Å². The summed E-state index contributed by atoms with van der Waals surface area (Å²) in [5.41, 5.74) is 0.585. The predicted molar refractivity (Wildman–Crippen MR) is 46.6 cm³/mol. The summed E-state index contributed by atoms with van der Waals surface area (Å²) in [4.78, 5) is 0. The Morgan fingerprint density at radius 2 is 2.08 bits per heavy atom. The molecule has 1 heterocycles. The lowest BCUT2D eigenvalue weighted by molar-refractivity contribution is 0.0351. The van der Waals surface area contributed by atoms with Crippen LogP contribution in [0.25, 0.3) is 0 Å². The van der Waals surface area contributed by atoms with Gasteiger partial charge in [0.05, 0.1) is 32.0 Å². The molecular formula is C8H13N3O. The van der Waals surface area contributed by atoms with Gasteiger partial charge in [0.15, 0.2) is 0 Å². The Kier molecular flexibility index (Phi) is 3.47. The molecule has 1 aliphatic rings. The van der Waals surface area contributed by atoms with Gasteiger partial charge in [0.1, 0.15) is 0 Å². The molecule has 0 unspecified atom stereocenters. The largest absolute Gasteiger partial charge is 0.378 e. The summed E-state index contributed by atoms with van der Waals surface area (Å²) in [5.74, 6) is 0. The van der Waals surface area contributed by atoms with Crippen LogP contribution in [-0.4, -0.2) is 31.3 Å². The minimum atomic E-state index is 0.585. The second-order valence-electron chi connectivity index (χ2n) is 2.45. The van der Waals surface area contributed by atoms with Crippen LogP contribution in [0, 0.1) is 0 Å². The van der Waals surface area contributed by atoms with Gasteiger partial charge in [0.25, 0.3) is 0 Å². The molecule has 0 bridgehead atoms. The molecule has 0 radical (unpaired) electrons. The van der Waals surface area contributed by atoms with E-state index in [0.717, 1.165) is 26.3 Å². The van der Waals surface area contributed by atoms with Crippen LogP contribution >= 0.6 is 0 Å². The van der Waals surface area contributed by atoms with Crippen LogP contribution in [0.5, 0.6) is 0 Å². The van der Waals surface area contributed by atoms with E-state index in [2.05, 4.69) is 23.5 Å². The standard InChI is InChI=1S/C8H13N3O/c1-3-8(2)9-10-11-4-6-12-7-5-11/h3H,1-2,4-7H2. The van der Waals surface area contributed by atoms with Crippen molar-refractivity contribution in [1.82, 2.24) is 5.01 Å². The van der Waals surface area contributed by atoms with Gasteiger partial charge >= 0.3 is 0 Å². The van der Waals surface area contributed by atoms with E-state index in [1.165, 1.54) is 0 Å². The first kappa shape index (κ1) is 8.93. The Balaban J connectivity index is 2.33. The Morgan fingerprint density at radius 1 is 1.42 bits per heavy atom. The molecule has 0 N–H and O–H groups in total. The van der Waals surface area contributed by atoms with Crippen LogP contribution in [-0.2, 0) is 4.74 Å². The minimum Gasteiger partial charge on any atom is -0.378 e. The average Bonchev–Trinajstić information content (AvgIpc) is 2.16. The van der Waals surface area contributed by atoms with Crippen molar-refractivity contribution in [3.63, 3.8) is 0 Å². The molecule has 0 spiro atoms. The zero-order chi connectivity index (χ0) is 8.81. The summed E-state index contributed by atoms with van der Waals surface area (Å²) >= 11 is 0. The van der Waals surface area contributed by atoms with E-state index in [9.17, 15) is 0 Å². The van der Waals surface area contributed by atoms with Gasteiger partial charge < -0.3 is 4.74 Å². The Labute approximate surface area is 72.2 Å². The van der Waals surface area contributed by atoms with E-state index in [-0.39, 0.29) is 0 Å². The van der Waals surface area contributed by atoms with Crippen molar-refractivity contribution in [2.45, 2.75) is 0 Å². The first-order valence-corrected chi connectivity index (χ1v) is 3.88. The van der Waals surface area contributed by atoms with Gasteiger partial charge in [0, 0.05) is 0 Å². The lowest BCUT2D eigenvalue weighted by Crippen LogP contribution is -2.31. The maximum atomic E-state index is 5.15. The summed E-state index contributed by atoms with van der Waals surface area (Å²) in [7, 11) is 0. The van der Waals surface area contributed by atoms with Gasteiger partial charge in [-0.1, -0.05) is 18.4 Å². The molecule has 1 aliphatic heterocycles. The van der Waals surface area contributed by atoms with Crippen molar-refractivity contribution in [1.29, 1.82) is 0 Å². The second-order valence-corrected chi connectivity index (χ2v) is 2.45. The van der Waals surface area contributed by atoms with Gasteiger partial charge in [0.2, 0.25) is 0 Å². The van der Waals surface area contributed by atoms with Gasteiger partial charge in [-0.15, -0.1) is 5.11 Å². The minimum absolute atomic E-state index is 0.585. The molecule has 1 saturated heterocycles. The van der Waals surface area contributed by atoms with E-state index >= 15 is 0 Å². The van der Waals surface area contributed by atoms with Crippen molar-refractivity contribution < 1.29 is 4.74 Å². The summed E-state index contributed by atoms with van der Waals surface area (Å²) < 4.78 is 5.15. The molecule has 0 amide bonds. The third-order valence-electron chi connectivity index (χ3n) is 1.52. The Morgan fingerprint density at radius 3 is 2.67 bits per heavy atom. The zero-order valence-electron chi connectivity index (χ0n) is 7.07. The van der Waals surface area contributed by atoms with Gasteiger partial charge in [-0.25, -0.2) is 0 Å². The van der Waals surface area contributed by atoms with Crippen molar-refractivity contribution >= 4 is 0 Å². The molecule has 4 nitrogen and oxygen atoms in total. The topological polar surface area (TPSA) is 37.2 Å². The molecule has 1 rings (SSSR count). The first-order valence-electron chi connectivity index (χ1n) is 3.88. The normalized spacial score (nSPS) is 18.2. The fourth-order valence-electron chi connectivity index (χ4n) is 0.805. The second kappa shape index (κ2) is 4.66. The van der Waals surface area contributed by atoms with Gasteiger partial charge in [-0.2, -0.15) is 0 Å². The van der Waals surface area contributed by atoms with Crippen molar-refractivity contribution in [3.8, 4) is 0 Å². The highest BCUT2D eigenvalue weighted by molar-refractivity contribution is 5.07. The van der Waals surface area contributed by atoms with E-state index < -0.39 is 0 Å². The van der Waals surface area contributed by atoms with E-state index in [1.807, 2.05) is 5.01 Å².